The number of rotatable bonds is 4. The van der Waals surface area contributed by atoms with Crippen molar-refractivity contribution in [3.05, 3.63) is 23.8 Å². The van der Waals surface area contributed by atoms with Crippen molar-refractivity contribution in [2.45, 2.75) is 13.8 Å². The van der Waals surface area contributed by atoms with Crippen LogP contribution in [0.2, 0.25) is 0 Å². The number of nitrogens with two attached hydrogens (primary N) is 2. The number of hydrogen-bond acceptors (Lipinski definition) is 3. The fourth-order valence-corrected chi connectivity index (χ4v) is 1.12. The summed E-state index contributed by atoms with van der Waals surface area (Å²) in [6, 6.07) is 4.87. The number of nitrogen functional groups attached to an aromatic ring is 1. The van der Waals surface area contributed by atoms with Gasteiger partial charge in [0.05, 0.1) is 12.2 Å². The van der Waals surface area contributed by atoms with Gasteiger partial charge in [0.2, 0.25) is 0 Å². The molecular formula is C11H16N2O2. The van der Waals surface area contributed by atoms with Crippen molar-refractivity contribution in [1.29, 1.82) is 0 Å². The van der Waals surface area contributed by atoms with Crippen LogP contribution in [-0.2, 0) is 0 Å². The third-order valence-corrected chi connectivity index (χ3v) is 1.84. The Morgan fingerprint density at radius 1 is 1.47 bits per heavy atom. The van der Waals surface area contributed by atoms with E-state index < -0.39 is 5.91 Å². The lowest BCUT2D eigenvalue weighted by atomic mass is 10.1. The second kappa shape index (κ2) is 4.68. The molecule has 1 aromatic rings. The van der Waals surface area contributed by atoms with Gasteiger partial charge in [-0.3, -0.25) is 4.79 Å². The first-order valence-corrected chi connectivity index (χ1v) is 4.83. The van der Waals surface area contributed by atoms with E-state index in [-0.39, 0.29) is 0 Å². The highest BCUT2D eigenvalue weighted by Crippen LogP contribution is 2.21. The van der Waals surface area contributed by atoms with Crippen LogP contribution in [0.1, 0.15) is 24.2 Å². The first-order valence-electron chi connectivity index (χ1n) is 4.83. The van der Waals surface area contributed by atoms with Crippen LogP contribution in [0, 0.1) is 5.92 Å². The highest BCUT2D eigenvalue weighted by atomic mass is 16.5. The van der Waals surface area contributed by atoms with Gasteiger partial charge in [-0.2, -0.15) is 0 Å². The standard InChI is InChI=1S/C11H16N2O2/c1-7(2)6-15-10-4-3-8(12)5-9(10)11(13)14/h3-5,7H,6,12H2,1-2H3,(H2,13,14). The summed E-state index contributed by atoms with van der Waals surface area (Å²) in [5.41, 5.74) is 11.6. The van der Waals surface area contributed by atoms with Crippen molar-refractivity contribution in [1.82, 2.24) is 0 Å². The maximum absolute atomic E-state index is 11.1. The molecule has 4 N–H and O–H groups in total. The van der Waals surface area contributed by atoms with E-state index in [2.05, 4.69) is 0 Å². The van der Waals surface area contributed by atoms with Crippen LogP contribution < -0.4 is 16.2 Å². The largest absolute Gasteiger partial charge is 0.492 e. The van der Waals surface area contributed by atoms with Crippen molar-refractivity contribution in [3.8, 4) is 5.75 Å². The maximum atomic E-state index is 11.1. The molecule has 0 unspecified atom stereocenters. The fourth-order valence-electron chi connectivity index (χ4n) is 1.12. The molecule has 1 amide bonds. The number of carbonyl (C=O) groups is 1. The van der Waals surface area contributed by atoms with Gasteiger partial charge in [0, 0.05) is 5.69 Å². The van der Waals surface area contributed by atoms with E-state index in [0.717, 1.165) is 0 Å². The van der Waals surface area contributed by atoms with Crippen molar-refractivity contribution in [2.24, 2.45) is 11.7 Å². The zero-order chi connectivity index (χ0) is 11.4. The average molecular weight is 208 g/mol. The topological polar surface area (TPSA) is 78.3 Å². The fraction of sp³-hybridized carbons (Fsp3) is 0.364. The van der Waals surface area contributed by atoms with Crippen molar-refractivity contribution < 1.29 is 9.53 Å². The Labute approximate surface area is 89.2 Å². The molecule has 82 valence electrons. The predicted molar refractivity (Wildman–Crippen MR) is 59.7 cm³/mol. The SMILES string of the molecule is CC(C)COc1ccc(N)cc1C(N)=O. The number of hydrogen-bond donors (Lipinski definition) is 2. The van der Waals surface area contributed by atoms with Gasteiger partial charge in [0.1, 0.15) is 5.75 Å². The molecule has 4 nitrogen and oxygen atoms in total. The Kier molecular flexibility index (Phi) is 3.55. The van der Waals surface area contributed by atoms with Gasteiger partial charge in [-0.1, -0.05) is 13.8 Å². The molecule has 15 heavy (non-hydrogen) atoms. The molecule has 1 aromatic carbocycles. The molecule has 0 bridgehead atoms. The van der Waals surface area contributed by atoms with Crippen LogP contribution in [0.25, 0.3) is 0 Å². The summed E-state index contributed by atoms with van der Waals surface area (Å²) in [6.07, 6.45) is 0. The molecule has 0 radical (unpaired) electrons. The van der Waals surface area contributed by atoms with E-state index >= 15 is 0 Å². The van der Waals surface area contributed by atoms with Crippen molar-refractivity contribution >= 4 is 11.6 Å². The average Bonchev–Trinajstić information content (AvgIpc) is 2.15. The smallest absolute Gasteiger partial charge is 0.252 e. The Balaban J connectivity index is 2.91. The van der Waals surface area contributed by atoms with Crippen LogP contribution in [0.4, 0.5) is 5.69 Å². The second-order valence-corrected chi connectivity index (χ2v) is 3.82. The maximum Gasteiger partial charge on any atom is 0.252 e. The van der Waals surface area contributed by atoms with E-state index in [1.165, 1.54) is 6.07 Å². The number of amides is 1. The summed E-state index contributed by atoms with van der Waals surface area (Å²) in [5, 5.41) is 0. The van der Waals surface area contributed by atoms with Crippen LogP contribution in [0.15, 0.2) is 18.2 Å². The molecule has 0 spiro atoms. The van der Waals surface area contributed by atoms with Gasteiger partial charge in [-0.15, -0.1) is 0 Å². The van der Waals surface area contributed by atoms with E-state index in [0.29, 0.717) is 29.5 Å². The third-order valence-electron chi connectivity index (χ3n) is 1.84. The normalized spacial score (nSPS) is 10.3. The number of anilines is 1. The zero-order valence-corrected chi connectivity index (χ0v) is 8.99. The molecule has 0 aliphatic carbocycles. The molecule has 0 aromatic heterocycles. The minimum absolute atomic E-state index is 0.329. The molecule has 0 saturated carbocycles. The Morgan fingerprint density at radius 3 is 2.67 bits per heavy atom. The van der Waals surface area contributed by atoms with Crippen LogP contribution in [-0.4, -0.2) is 12.5 Å². The summed E-state index contributed by atoms with van der Waals surface area (Å²) in [4.78, 5) is 11.1. The highest BCUT2D eigenvalue weighted by Gasteiger charge is 2.10. The molecule has 1 rings (SSSR count). The zero-order valence-electron chi connectivity index (χ0n) is 8.99. The molecule has 0 aliphatic heterocycles. The molecule has 0 saturated heterocycles. The number of primary amides is 1. The van der Waals surface area contributed by atoms with Gasteiger partial charge in [0.25, 0.3) is 5.91 Å². The molecular weight excluding hydrogens is 192 g/mol. The van der Waals surface area contributed by atoms with Gasteiger partial charge in [-0.05, 0) is 24.1 Å². The number of ether oxygens (including phenoxy) is 1. The molecule has 0 aliphatic rings. The van der Waals surface area contributed by atoms with Crippen LogP contribution in [0.5, 0.6) is 5.75 Å². The summed E-state index contributed by atoms with van der Waals surface area (Å²) in [5.74, 6) is 0.356. The highest BCUT2D eigenvalue weighted by molar-refractivity contribution is 5.96. The van der Waals surface area contributed by atoms with E-state index in [9.17, 15) is 4.79 Å². The van der Waals surface area contributed by atoms with Crippen molar-refractivity contribution in [3.63, 3.8) is 0 Å². The minimum atomic E-state index is -0.527. The van der Waals surface area contributed by atoms with E-state index in [1.54, 1.807) is 12.1 Å². The summed E-state index contributed by atoms with van der Waals surface area (Å²) >= 11 is 0. The van der Waals surface area contributed by atoms with Gasteiger partial charge in [0.15, 0.2) is 0 Å². The first kappa shape index (κ1) is 11.4. The third kappa shape index (κ3) is 3.16. The Morgan fingerprint density at radius 2 is 2.13 bits per heavy atom. The summed E-state index contributed by atoms with van der Waals surface area (Å²) in [7, 11) is 0. The van der Waals surface area contributed by atoms with Crippen LogP contribution >= 0.6 is 0 Å². The lowest BCUT2D eigenvalue weighted by Gasteiger charge is -2.11. The first-order chi connectivity index (χ1) is 7.00. The Bertz CT molecular complexity index is 362. The van der Waals surface area contributed by atoms with Gasteiger partial charge >= 0.3 is 0 Å². The van der Waals surface area contributed by atoms with Crippen molar-refractivity contribution in [2.75, 3.05) is 12.3 Å². The van der Waals surface area contributed by atoms with E-state index in [1.807, 2.05) is 13.8 Å². The quantitative estimate of drug-likeness (QED) is 0.734. The lowest BCUT2D eigenvalue weighted by molar-refractivity contribution is 0.0995. The lowest BCUT2D eigenvalue weighted by Crippen LogP contribution is -2.15. The monoisotopic (exact) mass is 208 g/mol. The minimum Gasteiger partial charge on any atom is -0.492 e. The van der Waals surface area contributed by atoms with Gasteiger partial charge < -0.3 is 16.2 Å². The number of carbonyl (C=O) groups excluding carboxylic acids is 1. The summed E-state index contributed by atoms with van der Waals surface area (Å²) in [6.45, 7) is 4.60. The predicted octanol–water partition coefficient (Wildman–Crippen LogP) is 1.40. The van der Waals surface area contributed by atoms with Crippen LogP contribution in [0.3, 0.4) is 0 Å². The molecule has 0 fully saturated rings. The van der Waals surface area contributed by atoms with Gasteiger partial charge in [-0.25, -0.2) is 0 Å². The Hall–Kier alpha value is -1.71. The number of benzene rings is 1. The molecule has 4 heteroatoms. The summed E-state index contributed by atoms with van der Waals surface area (Å²) < 4.78 is 5.46. The second-order valence-electron chi connectivity index (χ2n) is 3.82. The molecule has 0 atom stereocenters. The van der Waals surface area contributed by atoms with E-state index in [4.69, 9.17) is 16.2 Å². The molecule has 0 heterocycles.